The van der Waals surface area contributed by atoms with Gasteiger partial charge in [0.15, 0.2) is 0 Å². The molecule has 8 heteroatoms. The summed E-state index contributed by atoms with van der Waals surface area (Å²) in [6.45, 7) is 2.58. The van der Waals surface area contributed by atoms with Gasteiger partial charge in [-0.2, -0.15) is 0 Å². The van der Waals surface area contributed by atoms with Gasteiger partial charge in [-0.25, -0.2) is 4.98 Å². The summed E-state index contributed by atoms with van der Waals surface area (Å²) < 4.78 is 0. The second-order valence-corrected chi connectivity index (χ2v) is 7.41. The highest BCUT2D eigenvalue weighted by atomic mass is 35.5. The van der Waals surface area contributed by atoms with E-state index in [0.29, 0.717) is 6.54 Å². The maximum absolute atomic E-state index is 12.8. The maximum atomic E-state index is 12.8. The Balaban J connectivity index is 1.99. The van der Waals surface area contributed by atoms with E-state index in [-0.39, 0.29) is 37.9 Å². The molecule has 1 atom stereocenters. The highest BCUT2D eigenvalue weighted by Gasteiger charge is 2.32. The Morgan fingerprint density at radius 3 is 2.73 bits per heavy atom. The Morgan fingerprint density at radius 1 is 1.27 bits per heavy atom. The van der Waals surface area contributed by atoms with Crippen LogP contribution < -0.4 is 0 Å². The standard InChI is InChI=1S/C14H10Cl4N2OS/c1-6-7-3-5-22-8(7)2-4-20(6)14(21)12-10(16)9(15)11(17)13(18)19-12/h3,5-6H,2,4H2,1H3/t6-/m0/s1. The minimum atomic E-state index is -0.296. The number of halogens is 4. The number of hydrogen-bond acceptors (Lipinski definition) is 3. The quantitative estimate of drug-likeness (QED) is 0.596. The molecule has 0 N–H and O–H groups in total. The molecule has 0 saturated carbocycles. The second kappa shape index (κ2) is 6.17. The van der Waals surface area contributed by atoms with Crippen molar-refractivity contribution in [1.29, 1.82) is 0 Å². The van der Waals surface area contributed by atoms with Crippen molar-refractivity contribution in [3.05, 3.63) is 47.8 Å². The van der Waals surface area contributed by atoms with Gasteiger partial charge in [-0.15, -0.1) is 11.3 Å². The first-order valence-electron chi connectivity index (χ1n) is 6.49. The van der Waals surface area contributed by atoms with Crippen molar-refractivity contribution in [1.82, 2.24) is 9.88 Å². The molecule has 3 nitrogen and oxygen atoms in total. The SMILES string of the molecule is C[C@H]1c2ccsc2CCN1C(=O)c1nc(Cl)c(Cl)c(Cl)c1Cl. The summed E-state index contributed by atoms with van der Waals surface area (Å²) in [5, 5.41) is 2.14. The fraction of sp³-hybridized carbons (Fsp3) is 0.286. The Hall–Kier alpha value is -0.520. The van der Waals surface area contributed by atoms with Crippen LogP contribution in [0.2, 0.25) is 20.2 Å². The molecule has 1 aliphatic rings. The number of hydrogen-bond donors (Lipinski definition) is 0. The molecule has 3 rings (SSSR count). The van der Waals surface area contributed by atoms with Crippen LogP contribution in [0.4, 0.5) is 0 Å². The molecule has 0 saturated heterocycles. The number of thiophene rings is 1. The number of amides is 1. The van der Waals surface area contributed by atoms with Gasteiger partial charge in [0.1, 0.15) is 10.8 Å². The molecule has 0 spiro atoms. The largest absolute Gasteiger partial charge is 0.330 e. The number of pyridine rings is 1. The molecule has 0 aromatic carbocycles. The first-order valence-corrected chi connectivity index (χ1v) is 8.88. The highest BCUT2D eigenvalue weighted by Crippen LogP contribution is 2.38. The first-order chi connectivity index (χ1) is 10.4. The number of fused-ring (bicyclic) bond motifs is 1. The topological polar surface area (TPSA) is 33.2 Å². The summed E-state index contributed by atoms with van der Waals surface area (Å²) in [6.07, 6.45) is 0.815. The molecule has 1 aliphatic heterocycles. The Bertz CT molecular complexity index is 762. The van der Waals surface area contributed by atoms with E-state index in [9.17, 15) is 4.79 Å². The summed E-state index contributed by atoms with van der Waals surface area (Å²) in [5.41, 5.74) is 1.19. The number of nitrogens with zero attached hydrogens (tertiary/aromatic N) is 2. The van der Waals surface area contributed by atoms with E-state index in [1.54, 1.807) is 16.2 Å². The van der Waals surface area contributed by atoms with Gasteiger partial charge in [-0.05, 0) is 30.4 Å². The zero-order chi connectivity index (χ0) is 16.0. The summed E-state index contributed by atoms with van der Waals surface area (Å²) in [7, 11) is 0. The molecular weight excluding hydrogens is 386 g/mol. The van der Waals surface area contributed by atoms with Gasteiger partial charge >= 0.3 is 0 Å². The Morgan fingerprint density at radius 2 is 2.00 bits per heavy atom. The third-order valence-electron chi connectivity index (χ3n) is 3.73. The fourth-order valence-electron chi connectivity index (χ4n) is 2.55. The van der Waals surface area contributed by atoms with Gasteiger partial charge in [0.25, 0.3) is 5.91 Å². The smallest absolute Gasteiger partial charge is 0.274 e. The van der Waals surface area contributed by atoms with Crippen molar-refractivity contribution in [3.8, 4) is 0 Å². The van der Waals surface area contributed by atoms with Crippen molar-refractivity contribution < 1.29 is 4.79 Å². The van der Waals surface area contributed by atoms with E-state index < -0.39 is 0 Å². The lowest BCUT2D eigenvalue weighted by Crippen LogP contribution is -2.38. The fourth-order valence-corrected chi connectivity index (χ4v) is 4.32. The third kappa shape index (κ3) is 2.61. The van der Waals surface area contributed by atoms with Crippen molar-refractivity contribution in [3.63, 3.8) is 0 Å². The summed E-state index contributed by atoms with van der Waals surface area (Å²) in [5.74, 6) is -0.296. The van der Waals surface area contributed by atoms with Gasteiger partial charge in [0.2, 0.25) is 0 Å². The third-order valence-corrected chi connectivity index (χ3v) is 6.40. The zero-order valence-corrected chi connectivity index (χ0v) is 15.2. The summed E-state index contributed by atoms with van der Waals surface area (Å²) in [4.78, 5) is 19.8. The van der Waals surface area contributed by atoms with Crippen LogP contribution in [0.3, 0.4) is 0 Å². The van der Waals surface area contributed by atoms with Gasteiger partial charge in [0.05, 0.1) is 21.1 Å². The Labute approximate surface area is 151 Å². The van der Waals surface area contributed by atoms with Crippen molar-refractivity contribution in [2.24, 2.45) is 0 Å². The average Bonchev–Trinajstić information content (AvgIpc) is 2.98. The monoisotopic (exact) mass is 394 g/mol. The molecule has 22 heavy (non-hydrogen) atoms. The lowest BCUT2D eigenvalue weighted by atomic mass is 10.0. The molecule has 2 aromatic rings. The van der Waals surface area contributed by atoms with Gasteiger partial charge < -0.3 is 4.90 Å². The number of carbonyl (C=O) groups excluding carboxylic acids is 1. The lowest BCUT2D eigenvalue weighted by molar-refractivity contribution is 0.0673. The Kier molecular flexibility index (Phi) is 4.59. The second-order valence-electron chi connectivity index (χ2n) is 4.92. The normalized spacial score (nSPS) is 17.5. The molecule has 2 aromatic heterocycles. The zero-order valence-electron chi connectivity index (χ0n) is 11.4. The molecule has 0 bridgehead atoms. The van der Waals surface area contributed by atoms with E-state index in [0.717, 1.165) is 12.0 Å². The van der Waals surface area contributed by atoms with E-state index in [1.165, 1.54) is 4.88 Å². The average molecular weight is 396 g/mol. The highest BCUT2D eigenvalue weighted by molar-refractivity contribution is 7.10. The van der Waals surface area contributed by atoms with Crippen LogP contribution in [-0.4, -0.2) is 22.3 Å². The molecule has 0 unspecified atom stereocenters. The van der Waals surface area contributed by atoms with E-state index in [2.05, 4.69) is 4.98 Å². The predicted octanol–water partition coefficient (Wildman–Crippen LogP) is 5.52. The minimum absolute atomic E-state index is 0.0275. The van der Waals surface area contributed by atoms with Crippen LogP contribution in [0, 0.1) is 0 Å². The van der Waals surface area contributed by atoms with Crippen molar-refractivity contribution in [2.75, 3.05) is 6.54 Å². The molecular formula is C14H10Cl4N2OS. The first kappa shape index (κ1) is 16.3. The number of carbonyl (C=O) groups is 1. The van der Waals surface area contributed by atoms with E-state index in [4.69, 9.17) is 46.4 Å². The van der Waals surface area contributed by atoms with Gasteiger partial charge in [0, 0.05) is 11.4 Å². The summed E-state index contributed by atoms with van der Waals surface area (Å²) in [6, 6.07) is 2.00. The van der Waals surface area contributed by atoms with Crippen molar-refractivity contribution in [2.45, 2.75) is 19.4 Å². The molecule has 0 aliphatic carbocycles. The molecule has 0 fully saturated rings. The molecule has 116 valence electrons. The van der Waals surface area contributed by atoms with Crippen molar-refractivity contribution >= 4 is 63.6 Å². The van der Waals surface area contributed by atoms with Crippen LogP contribution in [0.15, 0.2) is 11.4 Å². The van der Waals surface area contributed by atoms with Crippen LogP contribution in [0.1, 0.15) is 33.9 Å². The number of aromatic nitrogens is 1. The van der Waals surface area contributed by atoms with E-state index >= 15 is 0 Å². The molecule has 1 amide bonds. The van der Waals surface area contributed by atoms with Crippen LogP contribution in [-0.2, 0) is 6.42 Å². The number of rotatable bonds is 1. The lowest BCUT2D eigenvalue weighted by Gasteiger charge is -2.33. The van der Waals surface area contributed by atoms with Crippen LogP contribution >= 0.6 is 57.7 Å². The van der Waals surface area contributed by atoms with Gasteiger partial charge in [-0.3, -0.25) is 4.79 Å². The van der Waals surface area contributed by atoms with E-state index in [1.807, 2.05) is 18.4 Å². The van der Waals surface area contributed by atoms with Crippen LogP contribution in [0.5, 0.6) is 0 Å². The maximum Gasteiger partial charge on any atom is 0.274 e. The van der Waals surface area contributed by atoms with Gasteiger partial charge in [-0.1, -0.05) is 46.4 Å². The molecule has 3 heterocycles. The summed E-state index contributed by atoms with van der Waals surface area (Å²) >= 11 is 25.7. The predicted molar refractivity (Wildman–Crippen MR) is 91.8 cm³/mol. The molecule has 0 radical (unpaired) electrons. The van der Waals surface area contributed by atoms with Crippen LogP contribution in [0.25, 0.3) is 0 Å². The minimum Gasteiger partial charge on any atom is -0.330 e.